The second kappa shape index (κ2) is 5.96. The predicted molar refractivity (Wildman–Crippen MR) is 69.8 cm³/mol. The summed E-state index contributed by atoms with van der Waals surface area (Å²) in [7, 11) is 0. The van der Waals surface area contributed by atoms with Gasteiger partial charge in [0.2, 0.25) is 0 Å². The second-order valence-electron chi connectivity index (χ2n) is 3.77. The number of ether oxygens (including phenoxy) is 1. The van der Waals surface area contributed by atoms with Crippen LogP contribution in [0.2, 0.25) is 0 Å². The van der Waals surface area contributed by atoms with Crippen molar-refractivity contribution in [1.82, 2.24) is 0 Å². The number of alkyl halides is 1. The Morgan fingerprint density at radius 1 is 1.00 bits per heavy atom. The lowest BCUT2D eigenvalue weighted by atomic mass is 10.2. The van der Waals surface area contributed by atoms with Crippen molar-refractivity contribution in [2.75, 3.05) is 0 Å². The van der Waals surface area contributed by atoms with E-state index in [9.17, 15) is 8.78 Å². The van der Waals surface area contributed by atoms with E-state index in [0.29, 0.717) is 22.2 Å². The molecule has 94 valence electrons. The van der Waals surface area contributed by atoms with E-state index in [-0.39, 0.29) is 18.2 Å². The fourth-order valence-electron chi connectivity index (χ4n) is 1.56. The molecule has 0 amide bonds. The Morgan fingerprint density at radius 2 is 1.78 bits per heavy atom. The molecule has 1 nitrogen and oxygen atoms in total. The number of rotatable bonds is 4. The SMILES string of the molecule is Fc1ccc(OCc2ccccc2F)c(CBr)c1. The van der Waals surface area contributed by atoms with E-state index < -0.39 is 0 Å². The van der Waals surface area contributed by atoms with Crippen molar-refractivity contribution >= 4 is 15.9 Å². The number of hydrogen-bond donors (Lipinski definition) is 0. The molecular weight excluding hydrogens is 302 g/mol. The lowest BCUT2D eigenvalue weighted by Gasteiger charge is -2.10. The Morgan fingerprint density at radius 3 is 2.50 bits per heavy atom. The molecule has 0 radical (unpaired) electrons. The Labute approximate surface area is 113 Å². The molecule has 0 N–H and O–H groups in total. The summed E-state index contributed by atoms with van der Waals surface area (Å²) in [5.41, 5.74) is 1.17. The van der Waals surface area contributed by atoms with Crippen molar-refractivity contribution in [3.05, 3.63) is 65.2 Å². The van der Waals surface area contributed by atoms with Gasteiger partial charge in [-0.1, -0.05) is 34.1 Å². The highest BCUT2D eigenvalue weighted by Crippen LogP contribution is 2.23. The second-order valence-corrected chi connectivity index (χ2v) is 4.33. The summed E-state index contributed by atoms with van der Waals surface area (Å²) in [5.74, 6) is -0.0702. The number of benzene rings is 2. The van der Waals surface area contributed by atoms with Gasteiger partial charge in [0.25, 0.3) is 0 Å². The molecule has 18 heavy (non-hydrogen) atoms. The Bertz CT molecular complexity index is 543. The minimum Gasteiger partial charge on any atom is -0.488 e. The van der Waals surface area contributed by atoms with Gasteiger partial charge in [-0.05, 0) is 24.3 Å². The van der Waals surface area contributed by atoms with Crippen molar-refractivity contribution < 1.29 is 13.5 Å². The van der Waals surface area contributed by atoms with Gasteiger partial charge in [-0.3, -0.25) is 0 Å². The summed E-state index contributed by atoms with van der Waals surface area (Å²) in [6, 6.07) is 10.7. The largest absolute Gasteiger partial charge is 0.488 e. The molecular formula is C14H11BrF2O. The molecule has 2 aromatic carbocycles. The minimum atomic E-state index is -0.317. The first-order valence-electron chi connectivity index (χ1n) is 5.41. The van der Waals surface area contributed by atoms with Crippen LogP contribution in [-0.2, 0) is 11.9 Å². The van der Waals surface area contributed by atoms with Crippen LogP contribution < -0.4 is 4.74 Å². The smallest absolute Gasteiger partial charge is 0.129 e. The average Bonchev–Trinajstić information content (AvgIpc) is 2.39. The maximum atomic E-state index is 13.4. The van der Waals surface area contributed by atoms with Gasteiger partial charge < -0.3 is 4.74 Å². The van der Waals surface area contributed by atoms with Gasteiger partial charge in [0, 0.05) is 16.5 Å². The van der Waals surface area contributed by atoms with E-state index >= 15 is 0 Å². The maximum absolute atomic E-state index is 13.4. The third-order valence-electron chi connectivity index (χ3n) is 2.51. The van der Waals surface area contributed by atoms with Crippen molar-refractivity contribution in [2.24, 2.45) is 0 Å². The molecule has 0 saturated carbocycles. The van der Waals surface area contributed by atoms with Crippen LogP contribution in [0.15, 0.2) is 42.5 Å². The Balaban J connectivity index is 2.13. The molecule has 0 atom stereocenters. The molecule has 0 bridgehead atoms. The maximum Gasteiger partial charge on any atom is 0.129 e. The first-order valence-corrected chi connectivity index (χ1v) is 6.53. The summed E-state index contributed by atoms with van der Waals surface area (Å²) in [6.45, 7) is 0.123. The molecule has 0 unspecified atom stereocenters. The quantitative estimate of drug-likeness (QED) is 0.758. The lowest BCUT2D eigenvalue weighted by molar-refractivity contribution is 0.297. The zero-order valence-corrected chi connectivity index (χ0v) is 11.1. The van der Waals surface area contributed by atoms with Crippen LogP contribution in [0, 0.1) is 11.6 Å². The highest BCUT2D eigenvalue weighted by molar-refractivity contribution is 9.08. The van der Waals surface area contributed by atoms with Crippen LogP contribution in [0.5, 0.6) is 5.75 Å². The van der Waals surface area contributed by atoms with Crippen LogP contribution in [-0.4, -0.2) is 0 Å². The monoisotopic (exact) mass is 312 g/mol. The van der Waals surface area contributed by atoms with Gasteiger partial charge in [-0.15, -0.1) is 0 Å². The van der Waals surface area contributed by atoms with Crippen molar-refractivity contribution in [3.8, 4) is 5.75 Å². The van der Waals surface area contributed by atoms with E-state index in [0.717, 1.165) is 0 Å². The third-order valence-corrected chi connectivity index (χ3v) is 3.11. The van der Waals surface area contributed by atoms with E-state index in [4.69, 9.17) is 4.74 Å². The van der Waals surface area contributed by atoms with Crippen molar-refractivity contribution in [2.45, 2.75) is 11.9 Å². The van der Waals surface area contributed by atoms with Crippen LogP contribution >= 0.6 is 15.9 Å². The number of hydrogen-bond acceptors (Lipinski definition) is 1. The molecule has 2 aromatic rings. The fraction of sp³-hybridized carbons (Fsp3) is 0.143. The summed E-state index contributed by atoms with van der Waals surface area (Å²) < 4.78 is 31.9. The molecule has 0 fully saturated rings. The predicted octanol–water partition coefficient (Wildman–Crippen LogP) is 4.44. The molecule has 0 aliphatic carbocycles. The van der Waals surface area contributed by atoms with Crippen LogP contribution in [0.25, 0.3) is 0 Å². The highest BCUT2D eigenvalue weighted by atomic mass is 79.9. The van der Waals surface area contributed by atoms with E-state index in [1.54, 1.807) is 24.3 Å². The van der Waals surface area contributed by atoms with Crippen molar-refractivity contribution in [1.29, 1.82) is 0 Å². The third kappa shape index (κ3) is 3.07. The summed E-state index contributed by atoms with van der Waals surface area (Å²) >= 11 is 3.26. The molecule has 2 rings (SSSR count). The van der Waals surface area contributed by atoms with E-state index in [1.807, 2.05) is 0 Å². The van der Waals surface area contributed by atoms with Gasteiger partial charge in [-0.25, -0.2) is 8.78 Å². The summed E-state index contributed by atoms with van der Waals surface area (Å²) in [4.78, 5) is 0. The van der Waals surface area contributed by atoms with Gasteiger partial charge in [0.05, 0.1) is 0 Å². The molecule has 0 aliphatic rings. The van der Waals surface area contributed by atoms with Crippen LogP contribution in [0.4, 0.5) is 8.78 Å². The van der Waals surface area contributed by atoms with Gasteiger partial charge in [0.15, 0.2) is 0 Å². The normalized spacial score (nSPS) is 10.4. The molecule has 0 saturated heterocycles. The topological polar surface area (TPSA) is 9.23 Å². The average molecular weight is 313 g/mol. The van der Waals surface area contributed by atoms with Crippen LogP contribution in [0.3, 0.4) is 0 Å². The van der Waals surface area contributed by atoms with Gasteiger partial charge in [0.1, 0.15) is 24.0 Å². The fourth-order valence-corrected chi connectivity index (χ4v) is 2.00. The lowest BCUT2D eigenvalue weighted by Crippen LogP contribution is -2.00. The van der Waals surface area contributed by atoms with E-state index in [1.165, 1.54) is 18.2 Å². The first kappa shape index (κ1) is 13.0. The summed E-state index contributed by atoms with van der Waals surface area (Å²) in [6.07, 6.45) is 0. The molecule has 0 aliphatic heterocycles. The molecule has 0 spiro atoms. The van der Waals surface area contributed by atoms with Crippen LogP contribution in [0.1, 0.15) is 11.1 Å². The highest BCUT2D eigenvalue weighted by Gasteiger charge is 2.06. The zero-order chi connectivity index (χ0) is 13.0. The first-order chi connectivity index (χ1) is 8.70. The zero-order valence-electron chi connectivity index (χ0n) is 9.50. The number of halogens is 3. The van der Waals surface area contributed by atoms with Gasteiger partial charge >= 0.3 is 0 Å². The molecule has 0 aromatic heterocycles. The standard InChI is InChI=1S/C14H11BrF2O/c15-8-11-7-12(16)5-6-14(11)18-9-10-3-1-2-4-13(10)17/h1-7H,8-9H2. The van der Waals surface area contributed by atoms with E-state index in [2.05, 4.69) is 15.9 Å². The summed E-state index contributed by atoms with van der Waals surface area (Å²) in [5, 5.41) is 0.483. The van der Waals surface area contributed by atoms with Gasteiger partial charge in [-0.2, -0.15) is 0 Å². The molecule has 4 heteroatoms. The van der Waals surface area contributed by atoms with Crippen molar-refractivity contribution in [3.63, 3.8) is 0 Å². The molecule has 0 heterocycles. The Hall–Kier alpha value is -1.42. The minimum absolute atomic E-state index is 0.123. The Kier molecular flexibility index (Phi) is 4.31.